The average Bonchev–Trinajstić information content (AvgIpc) is 3.33. The number of anilines is 1. The molecule has 3 aromatic heterocycles. The van der Waals surface area contributed by atoms with Crippen LogP contribution in [0.25, 0.3) is 39.3 Å². The molecule has 0 aliphatic carbocycles. The third kappa shape index (κ3) is 2.50. The van der Waals surface area contributed by atoms with E-state index in [1.165, 1.54) is 0 Å². The van der Waals surface area contributed by atoms with E-state index in [4.69, 9.17) is 21.8 Å². The fraction of sp³-hybridized carbons (Fsp3) is 0.0476. The first-order valence-corrected chi connectivity index (χ1v) is 9.33. The lowest BCUT2D eigenvalue weighted by Crippen LogP contribution is -2.19. The zero-order chi connectivity index (χ0) is 21.0. The van der Waals surface area contributed by atoms with E-state index in [1.54, 1.807) is 19.1 Å². The van der Waals surface area contributed by atoms with Crippen molar-refractivity contribution in [3.63, 3.8) is 0 Å². The van der Waals surface area contributed by atoms with Crippen LogP contribution in [0.2, 0.25) is 5.02 Å². The standard InChI is InChI=1S/C21H13ClN6O2/c1-10-15(20-26-13-8-7-12(24)17(22)18(13)30-20)21(29)28-19(25-10)16(14(9-23)27-28)11-5-3-2-4-6-11/h2-8,25H,24H2,1H3. The Balaban J connectivity index is 1.81. The number of aromatic amines is 1. The molecule has 0 atom stereocenters. The van der Waals surface area contributed by atoms with Gasteiger partial charge in [-0.05, 0) is 24.6 Å². The maximum absolute atomic E-state index is 13.3. The van der Waals surface area contributed by atoms with Crippen LogP contribution in [0.3, 0.4) is 0 Å². The van der Waals surface area contributed by atoms with Crippen molar-refractivity contribution in [1.29, 1.82) is 5.26 Å². The molecule has 0 fully saturated rings. The molecule has 0 amide bonds. The lowest BCUT2D eigenvalue weighted by molar-refractivity contribution is 0.616. The van der Waals surface area contributed by atoms with Crippen molar-refractivity contribution in [3.8, 4) is 28.7 Å². The molecule has 5 rings (SSSR count). The summed E-state index contributed by atoms with van der Waals surface area (Å²) in [6, 6.07) is 14.6. The largest absolute Gasteiger partial charge is 0.434 e. The monoisotopic (exact) mass is 416 g/mol. The SMILES string of the molecule is Cc1[nH]c2c(-c3ccccc3)c(C#N)nn2c(=O)c1-c1nc2ccc(N)c(Cl)c2o1. The van der Waals surface area contributed by atoms with Crippen LogP contribution in [0.4, 0.5) is 5.69 Å². The quantitative estimate of drug-likeness (QED) is 0.420. The number of rotatable bonds is 2. The topological polar surface area (TPSA) is 126 Å². The van der Waals surface area contributed by atoms with Gasteiger partial charge in [-0.1, -0.05) is 41.9 Å². The minimum atomic E-state index is -0.462. The van der Waals surface area contributed by atoms with Gasteiger partial charge >= 0.3 is 0 Å². The van der Waals surface area contributed by atoms with Gasteiger partial charge in [0, 0.05) is 5.69 Å². The van der Waals surface area contributed by atoms with Gasteiger partial charge in [0.05, 0.1) is 11.3 Å². The molecule has 30 heavy (non-hydrogen) atoms. The third-order valence-corrected chi connectivity index (χ3v) is 5.27. The number of aryl methyl sites for hydroxylation is 1. The van der Waals surface area contributed by atoms with Gasteiger partial charge in [-0.15, -0.1) is 0 Å². The van der Waals surface area contributed by atoms with Crippen molar-refractivity contribution in [2.45, 2.75) is 6.92 Å². The van der Waals surface area contributed by atoms with Crippen molar-refractivity contribution in [3.05, 3.63) is 69.2 Å². The minimum Gasteiger partial charge on any atom is -0.434 e. The van der Waals surface area contributed by atoms with Gasteiger partial charge in [-0.25, -0.2) is 4.98 Å². The van der Waals surface area contributed by atoms with Crippen LogP contribution in [-0.2, 0) is 0 Å². The number of hydrogen-bond acceptors (Lipinski definition) is 6. The van der Waals surface area contributed by atoms with Gasteiger partial charge in [-0.3, -0.25) is 4.79 Å². The van der Waals surface area contributed by atoms with Gasteiger partial charge < -0.3 is 15.1 Å². The second-order valence-corrected chi connectivity index (χ2v) is 7.11. The molecule has 0 saturated carbocycles. The molecule has 2 aromatic carbocycles. The van der Waals surface area contributed by atoms with Crippen LogP contribution >= 0.6 is 11.6 Å². The molecule has 3 heterocycles. The molecule has 0 radical (unpaired) electrons. The highest BCUT2D eigenvalue weighted by Gasteiger charge is 2.23. The highest BCUT2D eigenvalue weighted by atomic mass is 35.5. The first-order valence-electron chi connectivity index (χ1n) is 8.95. The van der Waals surface area contributed by atoms with E-state index in [-0.39, 0.29) is 22.2 Å². The molecule has 0 unspecified atom stereocenters. The van der Waals surface area contributed by atoms with E-state index < -0.39 is 5.56 Å². The summed E-state index contributed by atoms with van der Waals surface area (Å²) in [6.45, 7) is 1.73. The maximum Gasteiger partial charge on any atom is 0.287 e. The molecule has 146 valence electrons. The molecule has 0 aliphatic rings. The molecular weight excluding hydrogens is 404 g/mol. The number of oxazole rings is 1. The number of halogens is 1. The number of benzene rings is 2. The lowest BCUT2D eigenvalue weighted by atomic mass is 10.1. The summed E-state index contributed by atoms with van der Waals surface area (Å²) in [6.07, 6.45) is 0. The number of hydrogen-bond donors (Lipinski definition) is 2. The van der Waals surface area contributed by atoms with E-state index in [0.717, 1.165) is 10.1 Å². The summed E-state index contributed by atoms with van der Waals surface area (Å²) in [7, 11) is 0. The number of nitriles is 1. The van der Waals surface area contributed by atoms with Crippen molar-refractivity contribution >= 4 is 34.0 Å². The summed E-state index contributed by atoms with van der Waals surface area (Å²) in [5.41, 5.74) is 9.09. The molecule has 0 aliphatic heterocycles. The van der Waals surface area contributed by atoms with E-state index in [2.05, 4.69) is 21.1 Å². The number of nitrogens with two attached hydrogens (primary N) is 1. The van der Waals surface area contributed by atoms with Crippen molar-refractivity contribution in [1.82, 2.24) is 19.6 Å². The zero-order valence-corrected chi connectivity index (χ0v) is 16.4. The Labute approximate surface area is 174 Å². The van der Waals surface area contributed by atoms with E-state index in [1.807, 2.05) is 30.3 Å². The summed E-state index contributed by atoms with van der Waals surface area (Å²) in [5, 5.41) is 14.0. The molecule has 8 nitrogen and oxygen atoms in total. The van der Waals surface area contributed by atoms with Gasteiger partial charge in [0.25, 0.3) is 5.56 Å². The Morgan fingerprint density at radius 1 is 1.20 bits per heavy atom. The predicted octanol–water partition coefficient (Wildman–Crippen LogP) is 3.91. The van der Waals surface area contributed by atoms with Gasteiger partial charge in [-0.2, -0.15) is 14.9 Å². The molecule has 0 spiro atoms. The van der Waals surface area contributed by atoms with Gasteiger partial charge in [0.1, 0.15) is 27.8 Å². The summed E-state index contributed by atoms with van der Waals surface area (Å²) in [5.74, 6) is 0.0911. The zero-order valence-electron chi connectivity index (χ0n) is 15.6. The molecule has 5 aromatic rings. The summed E-state index contributed by atoms with van der Waals surface area (Å²) in [4.78, 5) is 20.9. The first kappa shape index (κ1) is 18.0. The Morgan fingerprint density at radius 3 is 2.70 bits per heavy atom. The number of fused-ring (bicyclic) bond motifs is 2. The minimum absolute atomic E-state index is 0.0911. The Hall–Kier alpha value is -4.09. The predicted molar refractivity (Wildman–Crippen MR) is 113 cm³/mol. The van der Waals surface area contributed by atoms with Crippen LogP contribution in [0.5, 0.6) is 0 Å². The van der Waals surface area contributed by atoms with Crippen LogP contribution in [0.15, 0.2) is 51.7 Å². The van der Waals surface area contributed by atoms with Crippen LogP contribution in [0.1, 0.15) is 11.4 Å². The van der Waals surface area contributed by atoms with E-state index in [0.29, 0.717) is 33.7 Å². The van der Waals surface area contributed by atoms with Crippen LogP contribution in [-0.4, -0.2) is 19.6 Å². The lowest BCUT2D eigenvalue weighted by Gasteiger charge is -2.05. The maximum atomic E-state index is 13.3. The summed E-state index contributed by atoms with van der Waals surface area (Å²) < 4.78 is 6.94. The Morgan fingerprint density at radius 2 is 1.97 bits per heavy atom. The number of nitrogens with zero attached hydrogens (tertiary/aromatic N) is 4. The second-order valence-electron chi connectivity index (χ2n) is 6.73. The molecule has 9 heteroatoms. The fourth-order valence-electron chi connectivity index (χ4n) is 3.48. The number of nitrogen functional groups attached to an aromatic ring is 1. The highest BCUT2D eigenvalue weighted by molar-refractivity contribution is 6.37. The molecule has 0 bridgehead atoms. The average molecular weight is 417 g/mol. The number of aromatic nitrogens is 4. The normalized spacial score (nSPS) is 11.2. The molecule has 3 N–H and O–H groups in total. The summed E-state index contributed by atoms with van der Waals surface area (Å²) >= 11 is 6.21. The van der Waals surface area contributed by atoms with Crippen molar-refractivity contribution in [2.24, 2.45) is 0 Å². The van der Waals surface area contributed by atoms with Crippen LogP contribution in [0, 0.1) is 18.3 Å². The van der Waals surface area contributed by atoms with Crippen molar-refractivity contribution in [2.75, 3.05) is 5.73 Å². The number of H-pyrrole nitrogens is 1. The Kier molecular flexibility index (Phi) is 3.88. The Bertz CT molecular complexity index is 1560. The number of nitrogens with one attached hydrogen (secondary N) is 1. The molecular formula is C21H13ClN6O2. The van der Waals surface area contributed by atoms with Crippen molar-refractivity contribution < 1.29 is 4.42 Å². The second kappa shape index (κ2) is 6.47. The van der Waals surface area contributed by atoms with E-state index >= 15 is 0 Å². The van der Waals surface area contributed by atoms with Crippen LogP contribution < -0.4 is 11.3 Å². The van der Waals surface area contributed by atoms with Gasteiger partial charge in [0.15, 0.2) is 11.3 Å². The highest BCUT2D eigenvalue weighted by Crippen LogP contribution is 2.33. The third-order valence-electron chi connectivity index (χ3n) is 4.88. The van der Waals surface area contributed by atoms with E-state index in [9.17, 15) is 10.1 Å². The van der Waals surface area contributed by atoms with Gasteiger partial charge in [0.2, 0.25) is 5.89 Å². The first-order chi connectivity index (χ1) is 14.5. The smallest absolute Gasteiger partial charge is 0.287 e. The fourth-order valence-corrected chi connectivity index (χ4v) is 3.68. The molecule has 0 saturated heterocycles.